The Hall–Kier alpha value is -2.89. The normalized spacial score (nSPS) is 18.9. The molecule has 1 fully saturated rings. The number of fused-ring (bicyclic) bond motifs is 1. The Morgan fingerprint density at radius 3 is 2.87 bits per heavy atom. The van der Waals surface area contributed by atoms with Gasteiger partial charge in [0.05, 0.1) is 6.61 Å². The molecule has 2 aromatic rings. The van der Waals surface area contributed by atoms with E-state index in [2.05, 4.69) is 6.92 Å². The number of aromatic hydroxyl groups is 1. The lowest BCUT2D eigenvalue weighted by molar-refractivity contribution is -0.133. The monoisotopic (exact) mass is 411 g/mol. The number of benzene rings is 2. The molecule has 6 heteroatoms. The van der Waals surface area contributed by atoms with E-state index in [1.165, 1.54) is 0 Å². The molecule has 0 aromatic heterocycles. The van der Waals surface area contributed by atoms with Gasteiger partial charge in [-0.15, -0.1) is 0 Å². The summed E-state index contributed by atoms with van der Waals surface area (Å²) in [5.74, 6) is 2.49. The highest BCUT2D eigenvalue weighted by Crippen LogP contribution is 2.41. The zero-order valence-corrected chi connectivity index (χ0v) is 17.6. The van der Waals surface area contributed by atoms with Gasteiger partial charge < -0.3 is 24.2 Å². The number of phenols is 1. The molecule has 160 valence electrons. The summed E-state index contributed by atoms with van der Waals surface area (Å²) in [5.41, 5.74) is 1.58. The van der Waals surface area contributed by atoms with Gasteiger partial charge in [-0.05, 0) is 61.6 Å². The summed E-state index contributed by atoms with van der Waals surface area (Å²) in [5, 5.41) is 10.7. The average Bonchev–Trinajstić information content (AvgIpc) is 3.21. The molecule has 4 rings (SSSR count). The summed E-state index contributed by atoms with van der Waals surface area (Å²) in [7, 11) is 0. The maximum Gasteiger partial charge on any atom is 0.231 e. The SMILES string of the molecule is CCOc1ccc(O)c(C(CC(=O)N2CCCC(C)C2)c2ccc3c(c2)OCO3)c1. The number of ether oxygens (including phenoxy) is 3. The predicted octanol–water partition coefficient (Wildman–Crippen LogP) is 4.30. The van der Waals surface area contributed by atoms with Gasteiger partial charge in [0.15, 0.2) is 11.5 Å². The first-order valence-electron chi connectivity index (χ1n) is 10.7. The molecule has 30 heavy (non-hydrogen) atoms. The largest absolute Gasteiger partial charge is 0.508 e. The molecular weight excluding hydrogens is 382 g/mol. The van der Waals surface area contributed by atoms with Crippen molar-refractivity contribution in [3.05, 3.63) is 47.5 Å². The highest BCUT2D eigenvalue weighted by Gasteiger charge is 2.28. The summed E-state index contributed by atoms with van der Waals surface area (Å²) in [4.78, 5) is 15.2. The van der Waals surface area contributed by atoms with Crippen molar-refractivity contribution >= 4 is 5.91 Å². The number of carbonyl (C=O) groups excluding carboxylic acids is 1. The minimum Gasteiger partial charge on any atom is -0.508 e. The van der Waals surface area contributed by atoms with E-state index < -0.39 is 0 Å². The number of phenolic OH excluding ortho intramolecular Hbond substituents is 1. The number of piperidine rings is 1. The van der Waals surface area contributed by atoms with E-state index in [9.17, 15) is 9.90 Å². The van der Waals surface area contributed by atoms with Crippen LogP contribution in [0.15, 0.2) is 36.4 Å². The first-order valence-corrected chi connectivity index (χ1v) is 10.7. The van der Waals surface area contributed by atoms with Crippen LogP contribution in [0.2, 0.25) is 0 Å². The van der Waals surface area contributed by atoms with Crippen LogP contribution in [0.25, 0.3) is 0 Å². The zero-order chi connectivity index (χ0) is 21.1. The van der Waals surface area contributed by atoms with Crippen LogP contribution in [-0.2, 0) is 4.79 Å². The van der Waals surface area contributed by atoms with Crippen LogP contribution in [-0.4, -0.2) is 42.4 Å². The highest BCUT2D eigenvalue weighted by molar-refractivity contribution is 5.78. The van der Waals surface area contributed by atoms with E-state index in [1.807, 2.05) is 36.1 Å². The number of hydrogen-bond donors (Lipinski definition) is 1. The second-order valence-corrected chi connectivity index (χ2v) is 8.11. The molecule has 2 aromatic carbocycles. The van der Waals surface area contributed by atoms with Crippen LogP contribution in [0, 0.1) is 5.92 Å². The number of likely N-dealkylation sites (tertiary alicyclic amines) is 1. The lowest BCUT2D eigenvalue weighted by Crippen LogP contribution is -2.39. The van der Waals surface area contributed by atoms with Crippen molar-refractivity contribution in [2.24, 2.45) is 5.92 Å². The Balaban J connectivity index is 1.68. The third kappa shape index (κ3) is 4.32. The molecule has 0 bridgehead atoms. The highest BCUT2D eigenvalue weighted by atomic mass is 16.7. The van der Waals surface area contributed by atoms with E-state index in [0.29, 0.717) is 35.3 Å². The van der Waals surface area contributed by atoms with Gasteiger partial charge in [-0.2, -0.15) is 0 Å². The van der Waals surface area contributed by atoms with Crippen molar-refractivity contribution in [3.63, 3.8) is 0 Å². The zero-order valence-electron chi connectivity index (χ0n) is 17.6. The van der Waals surface area contributed by atoms with Crippen molar-refractivity contribution in [2.75, 3.05) is 26.5 Å². The van der Waals surface area contributed by atoms with Crippen molar-refractivity contribution in [1.82, 2.24) is 4.90 Å². The molecule has 2 heterocycles. The standard InChI is InChI=1S/C24H29NO5/c1-3-28-18-7-8-21(26)20(12-18)19(13-24(27)25-10-4-5-16(2)14-25)17-6-9-22-23(11-17)30-15-29-22/h6-9,11-12,16,19,26H,3-5,10,13-15H2,1-2H3. The van der Waals surface area contributed by atoms with Gasteiger partial charge in [-0.25, -0.2) is 0 Å². The van der Waals surface area contributed by atoms with Gasteiger partial charge in [0, 0.05) is 31.0 Å². The van der Waals surface area contributed by atoms with Crippen LogP contribution in [0.1, 0.15) is 50.2 Å². The van der Waals surface area contributed by atoms with Gasteiger partial charge in [0.2, 0.25) is 12.7 Å². The van der Waals surface area contributed by atoms with Crippen molar-refractivity contribution in [1.29, 1.82) is 0 Å². The van der Waals surface area contributed by atoms with Crippen LogP contribution in [0.5, 0.6) is 23.0 Å². The molecule has 2 aliphatic rings. The van der Waals surface area contributed by atoms with Crippen LogP contribution in [0.4, 0.5) is 0 Å². The Kier molecular flexibility index (Phi) is 6.02. The summed E-state index contributed by atoms with van der Waals surface area (Å²) >= 11 is 0. The van der Waals surface area contributed by atoms with Gasteiger partial charge in [0.25, 0.3) is 0 Å². The van der Waals surface area contributed by atoms with E-state index in [-0.39, 0.29) is 30.8 Å². The Morgan fingerprint density at radius 1 is 1.23 bits per heavy atom. The fourth-order valence-electron chi connectivity index (χ4n) is 4.33. The van der Waals surface area contributed by atoms with Crippen LogP contribution >= 0.6 is 0 Å². The quantitative estimate of drug-likeness (QED) is 0.768. The molecule has 1 saturated heterocycles. The first kappa shape index (κ1) is 20.4. The lowest BCUT2D eigenvalue weighted by Gasteiger charge is -2.32. The number of nitrogens with zero attached hydrogens (tertiary/aromatic N) is 1. The molecule has 0 radical (unpaired) electrons. The van der Waals surface area contributed by atoms with Crippen molar-refractivity contribution in [2.45, 2.75) is 39.0 Å². The lowest BCUT2D eigenvalue weighted by atomic mass is 9.86. The van der Waals surface area contributed by atoms with Gasteiger partial charge in [-0.3, -0.25) is 4.79 Å². The number of rotatable bonds is 6. The molecule has 1 amide bonds. The van der Waals surface area contributed by atoms with Crippen molar-refractivity contribution in [3.8, 4) is 23.0 Å². The van der Waals surface area contributed by atoms with Crippen molar-refractivity contribution < 1.29 is 24.1 Å². The van der Waals surface area contributed by atoms with Gasteiger partial charge in [0.1, 0.15) is 11.5 Å². The molecule has 0 saturated carbocycles. The number of amides is 1. The average molecular weight is 411 g/mol. The van der Waals surface area contributed by atoms with E-state index in [4.69, 9.17) is 14.2 Å². The van der Waals surface area contributed by atoms with E-state index in [1.54, 1.807) is 12.1 Å². The fourth-order valence-corrected chi connectivity index (χ4v) is 4.33. The van der Waals surface area contributed by atoms with E-state index in [0.717, 1.165) is 31.5 Å². The molecular formula is C24H29NO5. The number of hydrogen-bond acceptors (Lipinski definition) is 5. The van der Waals surface area contributed by atoms with Crippen LogP contribution in [0.3, 0.4) is 0 Å². The minimum atomic E-state index is -0.315. The maximum absolute atomic E-state index is 13.2. The Labute approximate surface area is 177 Å². The molecule has 1 N–H and O–H groups in total. The maximum atomic E-state index is 13.2. The Bertz CT molecular complexity index is 912. The van der Waals surface area contributed by atoms with Gasteiger partial charge in [-0.1, -0.05) is 13.0 Å². The smallest absolute Gasteiger partial charge is 0.231 e. The molecule has 2 unspecified atom stereocenters. The van der Waals surface area contributed by atoms with E-state index >= 15 is 0 Å². The van der Waals surface area contributed by atoms with Crippen LogP contribution < -0.4 is 14.2 Å². The Morgan fingerprint density at radius 2 is 2.07 bits per heavy atom. The molecule has 2 aliphatic heterocycles. The first-order chi connectivity index (χ1) is 14.5. The topological polar surface area (TPSA) is 68.2 Å². The third-order valence-corrected chi connectivity index (χ3v) is 5.87. The van der Waals surface area contributed by atoms with Gasteiger partial charge >= 0.3 is 0 Å². The molecule has 0 spiro atoms. The predicted molar refractivity (Wildman–Crippen MR) is 113 cm³/mol. The minimum absolute atomic E-state index is 0.102. The molecule has 2 atom stereocenters. The second-order valence-electron chi connectivity index (χ2n) is 8.11. The second kappa shape index (κ2) is 8.86. The molecule has 0 aliphatic carbocycles. The summed E-state index contributed by atoms with van der Waals surface area (Å²) in [6.07, 6.45) is 2.47. The summed E-state index contributed by atoms with van der Waals surface area (Å²) in [6, 6.07) is 10.9. The third-order valence-electron chi connectivity index (χ3n) is 5.87. The molecule has 6 nitrogen and oxygen atoms in total. The summed E-state index contributed by atoms with van der Waals surface area (Å²) in [6.45, 7) is 6.41. The number of carbonyl (C=O) groups is 1. The summed E-state index contributed by atoms with van der Waals surface area (Å²) < 4.78 is 16.6. The fraction of sp³-hybridized carbons (Fsp3) is 0.458.